The predicted octanol–water partition coefficient (Wildman–Crippen LogP) is 13.7. The summed E-state index contributed by atoms with van der Waals surface area (Å²) in [6, 6.07) is 9.52. The van der Waals surface area contributed by atoms with Crippen molar-refractivity contribution in [3.8, 4) is 0 Å². The van der Waals surface area contributed by atoms with Gasteiger partial charge in [0.25, 0.3) is 0 Å². The Labute approximate surface area is 241 Å². The highest BCUT2D eigenvalue weighted by Gasteiger charge is 2.00. The smallest absolute Gasteiger partial charge is 0.0279 e. The molecule has 0 heteroatoms. The van der Waals surface area contributed by atoms with Gasteiger partial charge in [-0.1, -0.05) is 205 Å². The Hall–Kier alpha value is -0.780. The summed E-state index contributed by atoms with van der Waals surface area (Å²) in [5.74, 6) is 0. The van der Waals surface area contributed by atoms with Gasteiger partial charge in [-0.25, -0.2) is 0 Å². The molecule has 0 bridgehead atoms. The van der Waals surface area contributed by atoms with E-state index in [1.165, 1.54) is 193 Å². The van der Waals surface area contributed by atoms with Crippen LogP contribution in [0.3, 0.4) is 0 Å². The van der Waals surface area contributed by atoms with E-state index >= 15 is 0 Å². The first kappa shape index (κ1) is 35.2. The fourth-order valence-electron chi connectivity index (χ4n) is 5.99. The molecule has 0 aliphatic heterocycles. The third kappa shape index (κ3) is 24.3. The van der Waals surface area contributed by atoms with Crippen LogP contribution >= 0.6 is 0 Å². The van der Waals surface area contributed by atoms with Crippen LogP contribution in [0.2, 0.25) is 0 Å². The number of rotatable bonds is 30. The highest BCUT2D eigenvalue weighted by Crippen LogP contribution is 2.17. The zero-order chi connectivity index (χ0) is 27.2. The average Bonchev–Trinajstić information content (AvgIpc) is 2.93. The van der Waals surface area contributed by atoms with Gasteiger partial charge in [-0.05, 0) is 36.8 Å². The molecular formula is C38H70. The van der Waals surface area contributed by atoms with E-state index in [9.17, 15) is 0 Å². The third-order valence-corrected chi connectivity index (χ3v) is 8.63. The molecule has 0 saturated carbocycles. The molecule has 0 nitrogen and oxygen atoms in total. The zero-order valence-corrected chi connectivity index (χ0v) is 26.5. The van der Waals surface area contributed by atoms with Crippen LogP contribution in [0.1, 0.15) is 205 Å². The summed E-state index contributed by atoms with van der Waals surface area (Å²) in [5, 5.41) is 0. The second-order valence-corrected chi connectivity index (χ2v) is 12.5. The van der Waals surface area contributed by atoms with Crippen molar-refractivity contribution in [3.05, 3.63) is 35.4 Å². The fourth-order valence-corrected chi connectivity index (χ4v) is 5.99. The molecule has 222 valence electrons. The molecule has 1 aromatic carbocycles. The highest BCUT2D eigenvalue weighted by atomic mass is 14.1. The second kappa shape index (κ2) is 29.2. The zero-order valence-electron chi connectivity index (χ0n) is 26.5. The summed E-state index contributed by atoms with van der Waals surface area (Å²) in [6.45, 7) is 4.61. The standard InChI is InChI=1S/C38H70/c1-3-5-7-9-11-13-15-17-19-21-23-25-27-29-32-37-34-31-35-38(36-37)33-30-28-26-24-22-20-18-16-14-12-10-8-6-4-2/h31,34-36H,3-30,32-33H2,1-2H3. The molecule has 0 aliphatic rings. The van der Waals surface area contributed by atoms with E-state index in [-0.39, 0.29) is 0 Å². The van der Waals surface area contributed by atoms with Gasteiger partial charge in [0.15, 0.2) is 0 Å². The minimum atomic E-state index is 1.28. The first-order valence-corrected chi connectivity index (χ1v) is 17.9. The molecule has 1 aromatic rings. The maximum Gasteiger partial charge on any atom is -0.0279 e. The van der Waals surface area contributed by atoms with Crippen molar-refractivity contribution in [2.24, 2.45) is 0 Å². The Kier molecular flexibility index (Phi) is 27.1. The molecule has 0 aliphatic carbocycles. The number of benzene rings is 1. The fraction of sp³-hybridized carbons (Fsp3) is 0.842. The van der Waals surface area contributed by atoms with Gasteiger partial charge in [-0.2, -0.15) is 0 Å². The monoisotopic (exact) mass is 527 g/mol. The molecule has 0 N–H and O–H groups in total. The van der Waals surface area contributed by atoms with E-state index in [2.05, 4.69) is 38.1 Å². The van der Waals surface area contributed by atoms with Crippen molar-refractivity contribution in [3.63, 3.8) is 0 Å². The van der Waals surface area contributed by atoms with Crippen LogP contribution in [0.4, 0.5) is 0 Å². The Balaban J connectivity index is 1.88. The Morgan fingerprint density at radius 1 is 0.316 bits per heavy atom. The predicted molar refractivity (Wildman–Crippen MR) is 174 cm³/mol. The van der Waals surface area contributed by atoms with E-state index < -0.39 is 0 Å². The van der Waals surface area contributed by atoms with Crippen molar-refractivity contribution in [1.82, 2.24) is 0 Å². The van der Waals surface area contributed by atoms with Gasteiger partial charge in [0, 0.05) is 0 Å². The van der Waals surface area contributed by atoms with Crippen molar-refractivity contribution in [2.45, 2.75) is 206 Å². The van der Waals surface area contributed by atoms with Crippen LogP contribution in [0.15, 0.2) is 24.3 Å². The van der Waals surface area contributed by atoms with Gasteiger partial charge in [-0.3, -0.25) is 0 Å². The Morgan fingerprint density at radius 3 is 0.816 bits per heavy atom. The molecule has 0 spiro atoms. The summed E-state index contributed by atoms with van der Waals surface area (Å²) in [6.07, 6.45) is 43.0. The minimum absolute atomic E-state index is 1.28. The Morgan fingerprint density at radius 2 is 0.553 bits per heavy atom. The molecule has 0 radical (unpaired) electrons. The normalized spacial score (nSPS) is 11.4. The first-order valence-electron chi connectivity index (χ1n) is 17.9. The van der Waals surface area contributed by atoms with Crippen LogP contribution in [-0.2, 0) is 12.8 Å². The summed E-state index contributed by atoms with van der Waals surface area (Å²) in [7, 11) is 0. The number of aryl methyl sites for hydroxylation is 2. The van der Waals surface area contributed by atoms with Crippen molar-refractivity contribution in [2.75, 3.05) is 0 Å². The largest absolute Gasteiger partial charge is 0.0654 e. The van der Waals surface area contributed by atoms with Crippen molar-refractivity contribution >= 4 is 0 Å². The molecular weight excluding hydrogens is 456 g/mol. The van der Waals surface area contributed by atoms with Crippen LogP contribution in [0.5, 0.6) is 0 Å². The van der Waals surface area contributed by atoms with E-state index in [1.807, 2.05) is 0 Å². The van der Waals surface area contributed by atoms with Gasteiger partial charge in [0.2, 0.25) is 0 Å². The molecule has 1 rings (SSSR count). The van der Waals surface area contributed by atoms with E-state index in [0.29, 0.717) is 0 Å². The molecule has 38 heavy (non-hydrogen) atoms. The third-order valence-electron chi connectivity index (χ3n) is 8.63. The van der Waals surface area contributed by atoms with Crippen LogP contribution in [0.25, 0.3) is 0 Å². The van der Waals surface area contributed by atoms with Crippen LogP contribution < -0.4 is 0 Å². The van der Waals surface area contributed by atoms with E-state index in [4.69, 9.17) is 0 Å². The summed E-state index contributed by atoms with van der Waals surface area (Å²) in [5.41, 5.74) is 3.15. The highest BCUT2D eigenvalue weighted by molar-refractivity contribution is 5.23. The molecule has 0 heterocycles. The minimum Gasteiger partial charge on any atom is -0.0654 e. The van der Waals surface area contributed by atoms with Crippen molar-refractivity contribution in [1.29, 1.82) is 0 Å². The van der Waals surface area contributed by atoms with Crippen LogP contribution in [0, 0.1) is 0 Å². The molecule has 0 unspecified atom stereocenters. The quantitative estimate of drug-likeness (QED) is 0.0874. The van der Waals surface area contributed by atoms with E-state index in [1.54, 1.807) is 11.1 Å². The Bertz CT molecular complexity index is 526. The van der Waals surface area contributed by atoms with E-state index in [0.717, 1.165) is 0 Å². The summed E-state index contributed by atoms with van der Waals surface area (Å²) < 4.78 is 0. The maximum atomic E-state index is 2.50. The molecule has 0 saturated heterocycles. The van der Waals surface area contributed by atoms with Gasteiger partial charge in [0.05, 0.1) is 0 Å². The van der Waals surface area contributed by atoms with Gasteiger partial charge in [-0.15, -0.1) is 0 Å². The lowest BCUT2D eigenvalue weighted by atomic mass is 9.99. The van der Waals surface area contributed by atoms with Crippen LogP contribution in [-0.4, -0.2) is 0 Å². The second-order valence-electron chi connectivity index (χ2n) is 12.5. The lowest BCUT2D eigenvalue weighted by Crippen LogP contribution is -1.91. The van der Waals surface area contributed by atoms with Gasteiger partial charge < -0.3 is 0 Å². The lowest BCUT2D eigenvalue weighted by Gasteiger charge is -2.07. The van der Waals surface area contributed by atoms with Crippen molar-refractivity contribution < 1.29 is 0 Å². The molecule has 0 atom stereocenters. The lowest BCUT2D eigenvalue weighted by molar-refractivity contribution is 0.535. The number of hydrogen-bond acceptors (Lipinski definition) is 0. The molecule has 0 aromatic heterocycles. The summed E-state index contributed by atoms with van der Waals surface area (Å²) in [4.78, 5) is 0. The van der Waals surface area contributed by atoms with Gasteiger partial charge in [0.1, 0.15) is 0 Å². The van der Waals surface area contributed by atoms with Gasteiger partial charge >= 0.3 is 0 Å². The first-order chi connectivity index (χ1) is 18.9. The molecule has 0 amide bonds. The number of unbranched alkanes of at least 4 members (excludes halogenated alkanes) is 26. The maximum absolute atomic E-state index is 2.50. The topological polar surface area (TPSA) is 0 Å². The SMILES string of the molecule is CCCCCCCCCCCCCCCCc1cccc(CCCCCCCCCCCCCCCC)c1. The summed E-state index contributed by atoms with van der Waals surface area (Å²) >= 11 is 0. The average molecular weight is 527 g/mol. The number of hydrogen-bond donors (Lipinski definition) is 0. The molecule has 0 fully saturated rings.